The summed E-state index contributed by atoms with van der Waals surface area (Å²) in [6, 6.07) is 6.43. The number of ether oxygens (including phenoxy) is 1. The van der Waals surface area contributed by atoms with Crippen molar-refractivity contribution in [2.24, 2.45) is 0 Å². The van der Waals surface area contributed by atoms with Gasteiger partial charge in [-0.2, -0.15) is 50.9 Å². The zero-order valence-electron chi connectivity index (χ0n) is 23.0. The molecule has 20 heteroatoms. The number of carboxylic acids is 3. The first-order valence-corrected chi connectivity index (χ1v) is 13.5. The molecule has 45 heavy (non-hydrogen) atoms. The van der Waals surface area contributed by atoms with Gasteiger partial charge in [0.25, 0.3) is 0 Å². The number of morpholine rings is 1. The minimum atomic E-state index is -5.08. The second kappa shape index (κ2) is 17.3. The molecule has 0 radical (unpaired) electrons. The van der Waals surface area contributed by atoms with Crippen molar-refractivity contribution in [3.8, 4) is 0 Å². The molecule has 4 rings (SSSR count). The largest absolute Gasteiger partial charge is 0.490 e. The number of aromatic nitrogens is 1. The SMILES string of the molecule is O=C(O)C(F)(F)F.O=C(O)C(F)(F)F.O=C(O)C(F)(F)F.c1cncc(CN2CCOC3(CCN(Cc4ccsc4)CC3)C2)c1. The highest BCUT2D eigenvalue weighted by molar-refractivity contribution is 7.07. The number of rotatable bonds is 4. The third kappa shape index (κ3) is 15.9. The average Bonchev–Trinajstić information content (AvgIpc) is 3.44. The molecule has 2 saturated heterocycles. The van der Waals surface area contributed by atoms with Crippen LogP contribution >= 0.6 is 11.3 Å². The van der Waals surface area contributed by atoms with Crippen LogP contribution in [0.3, 0.4) is 0 Å². The van der Waals surface area contributed by atoms with Crippen LogP contribution in [-0.2, 0) is 32.2 Å². The van der Waals surface area contributed by atoms with Gasteiger partial charge in [-0.3, -0.25) is 14.8 Å². The number of nitrogens with zero attached hydrogens (tertiary/aromatic N) is 3. The van der Waals surface area contributed by atoms with Gasteiger partial charge in [-0.25, -0.2) is 14.4 Å². The van der Waals surface area contributed by atoms with E-state index < -0.39 is 36.4 Å². The number of thiophene rings is 1. The predicted molar refractivity (Wildman–Crippen MR) is 138 cm³/mol. The lowest BCUT2D eigenvalue weighted by Crippen LogP contribution is -2.56. The smallest absolute Gasteiger partial charge is 0.475 e. The molecule has 3 N–H and O–H groups in total. The highest BCUT2D eigenvalue weighted by atomic mass is 32.1. The summed E-state index contributed by atoms with van der Waals surface area (Å²) in [7, 11) is 0. The minimum Gasteiger partial charge on any atom is -0.475 e. The van der Waals surface area contributed by atoms with Crippen molar-refractivity contribution >= 4 is 29.2 Å². The van der Waals surface area contributed by atoms with E-state index in [9.17, 15) is 39.5 Å². The lowest BCUT2D eigenvalue weighted by Gasteiger charge is -2.47. The fourth-order valence-corrected chi connectivity index (χ4v) is 4.53. The Bertz CT molecular complexity index is 1130. The Morgan fingerprint density at radius 1 is 0.800 bits per heavy atom. The monoisotopic (exact) mass is 685 g/mol. The Morgan fingerprint density at radius 2 is 1.29 bits per heavy atom. The molecule has 2 aromatic rings. The number of likely N-dealkylation sites (tertiary alicyclic amines) is 1. The van der Waals surface area contributed by atoms with Crippen LogP contribution in [0.2, 0.25) is 0 Å². The van der Waals surface area contributed by atoms with Gasteiger partial charge in [0, 0.05) is 51.7 Å². The molecular formula is C25H28F9N3O7S. The molecule has 0 saturated carbocycles. The molecule has 4 heterocycles. The van der Waals surface area contributed by atoms with Crippen molar-refractivity contribution in [3.63, 3.8) is 0 Å². The average molecular weight is 686 g/mol. The van der Waals surface area contributed by atoms with E-state index in [1.54, 1.807) is 11.3 Å². The van der Waals surface area contributed by atoms with Crippen molar-refractivity contribution in [1.82, 2.24) is 14.8 Å². The molecule has 0 aliphatic carbocycles. The number of carboxylic acid groups (broad SMARTS) is 3. The van der Waals surface area contributed by atoms with E-state index in [1.165, 1.54) is 11.1 Å². The lowest BCUT2D eigenvalue weighted by atomic mass is 9.89. The molecule has 2 aliphatic rings. The quantitative estimate of drug-likeness (QED) is 0.381. The standard InChI is InChI=1S/C19H25N3OS.3C2HF3O2/c1-2-17(12-20-6-1)13-22-9-10-23-19(16-22)4-7-21(8-5-19)14-18-3-11-24-15-18;3*3-2(4,5)1(6)7/h1-3,6,11-12,15H,4-5,7-10,13-14,16H2;3*(H,6,7). The molecule has 0 amide bonds. The van der Waals surface area contributed by atoms with Crippen LogP contribution in [0.25, 0.3) is 0 Å². The number of piperidine rings is 1. The van der Waals surface area contributed by atoms with E-state index in [0.717, 1.165) is 58.7 Å². The zero-order valence-corrected chi connectivity index (χ0v) is 23.8. The van der Waals surface area contributed by atoms with Crippen molar-refractivity contribution in [3.05, 3.63) is 52.5 Å². The molecular weight excluding hydrogens is 657 g/mol. The number of hydrogen-bond donors (Lipinski definition) is 3. The van der Waals surface area contributed by atoms with Crippen LogP contribution < -0.4 is 0 Å². The summed E-state index contributed by atoms with van der Waals surface area (Å²) in [5, 5.41) is 25.8. The van der Waals surface area contributed by atoms with E-state index in [2.05, 4.69) is 37.7 Å². The van der Waals surface area contributed by atoms with Crippen LogP contribution in [0.4, 0.5) is 39.5 Å². The van der Waals surface area contributed by atoms with Gasteiger partial charge in [0.1, 0.15) is 0 Å². The zero-order chi connectivity index (χ0) is 34.5. The summed E-state index contributed by atoms with van der Waals surface area (Å²) >= 11 is 1.79. The number of halogens is 9. The van der Waals surface area contributed by atoms with Gasteiger partial charge in [-0.05, 0) is 46.9 Å². The Kier molecular flexibility index (Phi) is 15.2. The third-order valence-electron chi connectivity index (χ3n) is 5.94. The van der Waals surface area contributed by atoms with Crippen LogP contribution in [-0.4, -0.2) is 105 Å². The summed E-state index contributed by atoms with van der Waals surface area (Å²) in [5.74, 6) is -8.27. The summed E-state index contributed by atoms with van der Waals surface area (Å²) in [6.07, 6.45) is -9.15. The van der Waals surface area contributed by atoms with Gasteiger partial charge in [-0.15, -0.1) is 0 Å². The van der Waals surface area contributed by atoms with E-state index in [0.29, 0.717) is 0 Å². The maximum absolute atomic E-state index is 10.6. The van der Waals surface area contributed by atoms with E-state index in [1.807, 2.05) is 18.5 Å². The van der Waals surface area contributed by atoms with Gasteiger partial charge >= 0.3 is 36.4 Å². The van der Waals surface area contributed by atoms with Gasteiger partial charge in [0.15, 0.2) is 0 Å². The van der Waals surface area contributed by atoms with E-state index in [-0.39, 0.29) is 5.60 Å². The number of pyridine rings is 1. The number of alkyl halides is 9. The summed E-state index contributed by atoms with van der Waals surface area (Å²) in [5.41, 5.74) is 2.80. The molecule has 0 atom stereocenters. The van der Waals surface area contributed by atoms with Crippen LogP contribution in [0.1, 0.15) is 24.0 Å². The molecule has 2 fully saturated rings. The molecule has 0 bridgehead atoms. The van der Waals surface area contributed by atoms with Crippen LogP contribution in [0, 0.1) is 0 Å². The Labute approximate surface area is 253 Å². The Hall–Kier alpha value is -3.49. The Morgan fingerprint density at radius 3 is 1.69 bits per heavy atom. The summed E-state index contributed by atoms with van der Waals surface area (Å²) in [4.78, 5) is 36.0. The first-order valence-electron chi connectivity index (χ1n) is 12.5. The first-order chi connectivity index (χ1) is 20.6. The molecule has 254 valence electrons. The highest BCUT2D eigenvalue weighted by Crippen LogP contribution is 2.31. The number of aliphatic carboxylic acids is 3. The highest BCUT2D eigenvalue weighted by Gasteiger charge is 2.40. The first kappa shape index (κ1) is 39.5. The van der Waals surface area contributed by atoms with E-state index in [4.69, 9.17) is 34.4 Å². The van der Waals surface area contributed by atoms with Crippen molar-refractivity contribution in [2.45, 2.75) is 50.1 Å². The fraction of sp³-hybridized carbons (Fsp3) is 0.520. The van der Waals surface area contributed by atoms with Crippen molar-refractivity contribution < 1.29 is 74.0 Å². The van der Waals surface area contributed by atoms with Crippen molar-refractivity contribution in [1.29, 1.82) is 0 Å². The maximum atomic E-state index is 10.6. The number of hydrogen-bond acceptors (Lipinski definition) is 8. The second-order valence-electron chi connectivity index (χ2n) is 9.42. The Balaban J connectivity index is 0.000000396. The predicted octanol–water partition coefficient (Wildman–Crippen LogP) is 4.91. The topological polar surface area (TPSA) is 140 Å². The molecule has 2 aliphatic heterocycles. The van der Waals surface area contributed by atoms with Crippen LogP contribution in [0.5, 0.6) is 0 Å². The molecule has 10 nitrogen and oxygen atoms in total. The molecule has 1 spiro atoms. The van der Waals surface area contributed by atoms with Gasteiger partial charge in [0.05, 0.1) is 12.2 Å². The van der Waals surface area contributed by atoms with Crippen LogP contribution in [0.15, 0.2) is 41.4 Å². The normalized spacial score (nSPS) is 17.0. The number of carbonyl (C=O) groups is 3. The van der Waals surface area contributed by atoms with Gasteiger partial charge in [-0.1, -0.05) is 6.07 Å². The minimum absolute atomic E-state index is 0.0611. The maximum Gasteiger partial charge on any atom is 0.490 e. The molecule has 2 aromatic heterocycles. The third-order valence-corrected chi connectivity index (χ3v) is 6.67. The van der Waals surface area contributed by atoms with Crippen molar-refractivity contribution in [2.75, 3.05) is 32.8 Å². The lowest BCUT2D eigenvalue weighted by molar-refractivity contribution is -0.193. The van der Waals surface area contributed by atoms with E-state index >= 15 is 0 Å². The second-order valence-corrected chi connectivity index (χ2v) is 10.2. The molecule has 0 unspecified atom stereocenters. The van der Waals surface area contributed by atoms with Gasteiger partial charge in [0.2, 0.25) is 0 Å². The summed E-state index contributed by atoms with van der Waals surface area (Å²) < 4.78 is 101. The fourth-order valence-electron chi connectivity index (χ4n) is 3.87. The van der Waals surface area contributed by atoms with Gasteiger partial charge < -0.3 is 20.1 Å². The summed E-state index contributed by atoms with van der Waals surface area (Å²) in [6.45, 7) is 7.26. The molecule has 0 aromatic carbocycles.